The second kappa shape index (κ2) is 10.4. The summed E-state index contributed by atoms with van der Waals surface area (Å²) < 4.78 is 46.2. The Morgan fingerprint density at radius 1 is 1.15 bits per heavy atom. The number of esters is 1. The standard InChI is InChI=1S/C23H27F2N5O4/c1-6-14-8-18(32-5)20(25)17(19(14)24)13-34-16-10-26-22(27-11-16)29-15-9-28-30(12-15)23(3,4)21(31)33-7-2/h8-12H,6-7,13H2,1-5H3,(H,26,27,29). The highest BCUT2D eigenvalue weighted by molar-refractivity contribution is 5.77. The molecule has 0 aliphatic heterocycles. The number of carbonyl (C=O) groups excluding carboxylic acids is 1. The molecule has 34 heavy (non-hydrogen) atoms. The average Bonchev–Trinajstić information content (AvgIpc) is 3.30. The molecule has 0 spiro atoms. The number of hydrogen-bond acceptors (Lipinski definition) is 8. The van der Waals surface area contributed by atoms with E-state index in [4.69, 9.17) is 14.2 Å². The first-order chi connectivity index (χ1) is 16.2. The van der Waals surface area contributed by atoms with Gasteiger partial charge < -0.3 is 19.5 Å². The summed E-state index contributed by atoms with van der Waals surface area (Å²) in [7, 11) is 1.32. The lowest BCUT2D eigenvalue weighted by molar-refractivity contribution is -0.152. The molecule has 0 radical (unpaired) electrons. The number of benzene rings is 1. The highest BCUT2D eigenvalue weighted by Gasteiger charge is 2.32. The van der Waals surface area contributed by atoms with Crippen molar-refractivity contribution in [3.8, 4) is 11.5 Å². The van der Waals surface area contributed by atoms with Gasteiger partial charge in [-0.15, -0.1) is 0 Å². The number of nitrogens with zero attached hydrogens (tertiary/aromatic N) is 4. The van der Waals surface area contributed by atoms with Crippen molar-refractivity contribution in [2.24, 2.45) is 0 Å². The van der Waals surface area contributed by atoms with Crippen LogP contribution in [0.3, 0.4) is 0 Å². The van der Waals surface area contributed by atoms with E-state index in [1.54, 1.807) is 33.9 Å². The van der Waals surface area contributed by atoms with Crippen molar-refractivity contribution < 1.29 is 27.8 Å². The minimum atomic E-state index is -0.989. The van der Waals surface area contributed by atoms with Crippen molar-refractivity contribution >= 4 is 17.6 Å². The van der Waals surface area contributed by atoms with Gasteiger partial charge in [0.25, 0.3) is 0 Å². The predicted molar refractivity (Wildman–Crippen MR) is 120 cm³/mol. The van der Waals surface area contributed by atoms with Crippen LogP contribution in [0.5, 0.6) is 11.5 Å². The van der Waals surface area contributed by atoms with Crippen LogP contribution in [0.15, 0.2) is 30.9 Å². The van der Waals surface area contributed by atoms with E-state index in [0.717, 1.165) is 0 Å². The lowest BCUT2D eigenvalue weighted by Crippen LogP contribution is -2.37. The topological polar surface area (TPSA) is 100 Å². The molecule has 2 heterocycles. The molecule has 0 fully saturated rings. The van der Waals surface area contributed by atoms with Crippen molar-refractivity contribution in [2.45, 2.75) is 46.3 Å². The summed E-state index contributed by atoms with van der Waals surface area (Å²) in [5, 5.41) is 7.17. The van der Waals surface area contributed by atoms with E-state index in [-0.39, 0.29) is 36.2 Å². The molecule has 3 rings (SSSR count). The molecule has 0 bridgehead atoms. The Morgan fingerprint density at radius 3 is 2.47 bits per heavy atom. The van der Waals surface area contributed by atoms with Gasteiger partial charge in [0.1, 0.15) is 12.4 Å². The second-order valence-corrected chi connectivity index (χ2v) is 7.81. The Hall–Kier alpha value is -3.76. The van der Waals surface area contributed by atoms with Crippen LogP contribution in [0.25, 0.3) is 0 Å². The molecular formula is C23H27F2N5O4. The smallest absolute Gasteiger partial charge is 0.333 e. The summed E-state index contributed by atoms with van der Waals surface area (Å²) in [6.45, 7) is 6.81. The second-order valence-electron chi connectivity index (χ2n) is 7.81. The highest BCUT2D eigenvalue weighted by atomic mass is 19.1. The third-order valence-electron chi connectivity index (χ3n) is 5.13. The van der Waals surface area contributed by atoms with E-state index < -0.39 is 23.1 Å². The molecule has 0 aliphatic carbocycles. The molecule has 182 valence electrons. The van der Waals surface area contributed by atoms with Crippen LogP contribution in [0.1, 0.15) is 38.8 Å². The van der Waals surface area contributed by atoms with Crippen LogP contribution in [0.2, 0.25) is 0 Å². The van der Waals surface area contributed by atoms with Crippen LogP contribution in [-0.2, 0) is 28.1 Å². The van der Waals surface area contributed by atoms with Gasteiger partial charge in [0.15, 0.2) is 22.9 Å². The maximum Gasteiger partial charge on any atom is 0.333 e. The van der Waals surface area contributed by atoms with Crippen LogP contribution in [0.4, 0.5) is 20.4 Å². The van der Waals surface area contributed by atoms with Gasteiger partial charge in [-0.3, -0.25) is 4.68 Å². The first kappa shape index (κ1) is 24.9. The van der Waals surface area contributed by atoms with Gasteiger partial charge in [-0.25, -0.2) is 23.5 Å². The van der Waals surface area contributed by atoms with Gasteiger partial charge in [0, 0.05) is 6.20 Å². The Bertz CT molecular complexity index is 1120. The maximum atomic E-state index is 14.6. The zero-order chi connectivity index (χ0) is 24.9. The quantitative estimate of drug-likeness (QED) is 0.437. The van der Waals surface area contributed by atoms with E-state index >= 15 is 0 Å². The number of aryl methyl sites for hydroxylation is 1. The minimum absolute atomic E-state index is 0.0423. The van der Waals surface area contributed by atoms with Gasteiger partial charge in [0.2, 0.25) is 5.95 Å². The first-order valence-corrected chi connectivity index (χ1v) is 10.7. The lowest BCUT2D eigenvalue weighted by Gasteiger charge is -2.22. The fourth-order valence-electron chi connectivity index (χ4n) is 3.09. The van der Waals surface area contributed by atoms with Gasteiger partial charge in [-0.05, 0) is 38.8 Å². The molecule has 0 amide bonds. The molecule has 0 aliphatic rings. The van der Waals surface area contributed by atoms with Crippen molar-refractivity contribution in [1.82, 2.24) is 19.7 Å². The fraction of sp³-hybridized carbons (Fsp3) is 0.391. The number of methoxy groups -OCH3 is 1. The molecule has 11 heteroatoms. The van der Waals surface area contributed by atoms with Crippen molar-refractivity contribution in [2.75, 3.05) is 19.0 Å². The van der Waals surface area contributed by atoms with Crippen LogP contribution in [-0.4, -0.2) is 39.4 Å². The molecule has 3 aromatic rings. The predicted octanol–water partition coefficient (Wildman–Crippen LogP) is 4.14. The lowest BCUT2D eigenvalue weighted by atomic mass is 10.1. The summed E-state index contributed by atoms with van der Waals surface area (Å²) in [6, 6.07) is 1.34. The third-order valence-corrected chi connectivity index (χ3v) is 5.13. The largest absolute Gasteiger partial charge is 0.494 e. The van der Waals surface area contributed by atoms with E-state index in [0.29, 0.717) is 17.7 Å². The first-order valence-electron chi connectivity index (χ1n) is 10.7. The zero-order valence-electron chi connectivity index (χ0n) is 19.7. The van der Waals surface area contributed by atoms with Gasteiger partial charge in [0.05, 0.1) is 43.6 Å². The summed E-state index contributed by atoms with van der Waals surface area (Å²) in [5.74, 6) is -1.45. The molecule has 9 nitrogen and oxygen atoms in total. The van der Waals surface area contributed by atoms with E-state index in [1.807, 2.05) is 0 Å². The van der Waals surface area contributed by atoms with Gasteiger partial charge in [-0.1, -0.05) is 6.92 Å². The molecule has 2 aromatic heterocycles. The number of nitrogens with one attached hydrogen (secondary N) is 1. The summed E-state index contributed by atoms with van der Waals surface area (Å²) >= 11 is 0. The number of carbonyl (C=O) groups is 1. The normalized spacial score (nSPS) is 11.3. The number of ether oxygens (including phenoxy) is 3. The van der Waals surface area contributed by atoms with Crippen molar-refractivity contribution in [1.29, 1.82) is 0 Å². The highest BCUT2D eigenvalue weighted by Crippen LogP contribution is 2.28. The third kappa shape index (κ3) is 5.24. The summed E-state index contributed by atoms with van der Waals surface area (Å²) in [4.78, 5) is 20.4. The number of rotatable bonds is 10. The van der Waals surface area contributed by atoms with Crippen molar-refractivity contribution in [3.63, 3.8) is 0 Å². The SMILES string of the molecule is CCOC(=O)C(C)(C)n1cc(Nc2ncc(OCc3c(F)c(CC)cc(OC)c3F)cn2)cn1. The van der Waals surface area contributed by atoms with Crippen molar-refractivity contribution in [3.05, 3.63) is 53.6 Å². The average molecular weight is 475 g/mol. The zero-order valence-corrected chi connectivity index (χ0v) is 19.7. The Labute approximate surface area is 196 Å². The van der Waals surface area contributed by atoms with Gasteiger partial charge >= 0.3 is 5.97 Å². The van der Waals surface area contributed by atoms with Crippen LogP contribution < -0.4 is 14.8 Å². The number of halogens is 2. The molecule has 0 saturated heterocycles. The molecular weight excluding hydrogens is 448 g/mol. The minimum Gasteiger partial charge on any atom is -0.494 e. The van der Waals surface area contributed by atoms with Crippen LogP contribution in [0, 0.1) is 11.6 Å². The number of anilines is 2. The Morgan fingerprint density at radius 2 is 1.85 bits per heavy atom. The summed E-state index contributed by atoms with van der Waals surface area (Å²) in [6.07, 6.45) is 6.28. The van der Waals surface area contributed by atoms with E-state index in [2.05, 4.69) is 20.4 Å². The monoisotopic (exact) mass is 475 g/mol. The summed E-state index contributed by atoms with van der Waals surface area (Å²) in [5.41, 5.74) is -0.329. The maximum absolute atomic E-state index is 14.6. The molecule has 0 saturated carbocycles. The number of aromatic nitrogens is 4. The number of hydrogen-bond donors (Lipinski definition) is 1. The Kier molecular flexibility index (Phi) is 7.64. The van der Waals surface area contributed by atoms with E-state index in [9.17, 15) is 13.6 Å². The van der Waals surface area contributed by atoms with Gasteiger partial charge in [-0.2, -0.15) is 5.10 Å². The Balaban J connectivity index is 1.67. The fourth-order valence-corrected chi connectivity index (χ4v) is 3.09. The van der Waals surface area contributed by atoms with E-state index in [1.165, 1.54) is 36.4 Å². The van der Waals surface area contributed by atoms with Crippen LogP contribution >= 0.6 is 0 Å². The molecule has 0 atom stereocenters. The molecule has 1 N–H and O–H groups in total. The molecule has 0 unspecified atom stereocenters. The molecule has 1 aromatic carbocycles.